The zero-order valence-corrected chi connectivity index (χ0v) is 20.9. The van der Waals surface area contributed by atoms with Crippen LogP contribution in [0.25, 0.3) is 16.7 Å². The second-order valence-electron chi connectivity index (χ2n) is 9.12. The summed E-state index contributed by atoms with van der Waals surface area (Å²) in [6.07, 6.45) is 8.25. The molecule has 36 heavy (non-hydrogen) atoms. The van der Waals surface area contributed by atoms with E-state index in [1.165, 1.54) is 7.11 Å². The highest BCUT2D eigenvalue weighted by atomic mass is 35.5. The van der Waals surface area contributed by atoms with Crippen LogP contribution in [0.1, 0.15) is 41.7 Å². The summed E-state index contributed by atoms with van der Waals surface area (Å²) >= 11 is 6.02. The molecule has 5 rings (SSSR count). The molecule has 4 aromatic rings. The number of amides is 1. The molecule has 0 unspecified atom stereocenters. The maximum absolute atomic E-state index is 13.5. The molecule has 186 valence electrons. The Morgan fingerprint density at radius 2 is 1.78 bits per heavy atom. The average Bonchev–Trinajstić information content (AvgIpc) is 3.17. The number of carbonyl (C=O) groups excluding carboxylic acids is 1. The second kappa shape index (κ2) is 10.1. The molecule has 3 heterocycles. The number of aromatic nitrogens is 5. The predicted octanol–water partition coefficient (Wildman–Crippen LogP) is 3.94. The fourth-order valence-corrected chi connectivity index (χ4v) is 5.07. The number of ether oxygens (including phenoxy) is 1. The van der Waals surface area contributed by atoms with Gasteiger partial charge in [-0.3, -0.25) is 18.9 Å². The first-order chi connectivity index (χ1) is 17.4. The summed E-state index contributed by atoms with van der Waals surface area (Å²) in [7, 11) is 1.50. The molecule has 9 nitrogen and oxygen atoms in total. The van der Waals surface area contributed by atoms with E-state index >= 15 is 0 Å². The number of fused-ring (bicyclic) bond motifs is 1. The Balaban J connectivity index is 1.30. The lowest BCUT2D eigenvalue weighted by atomic mass is 9.85. The van der Waals surface area contributed by atoms with Gasteiger partial charge in [0.25, 0.3) is 5.91 Å². The van der Waals surface area contributed by atoms with Crippen LogP contribution in [-0.4, -0.2) is 43.1 Å². The molecule has 1 aliphatic rings. The fraction of sp³-hybridized carbons (Fsp3) is 0.346. The third kappa shape index (κ3) is 4.70. The summed E-state index contributed by atoms with van der Waals surface area (Å²) in [6.45, 7) is 2.41. The van der Waals surface area contributed by atoms with E-state index in [2.05, 4.69) is 20.3 Å². The third-order valence-electron chi connectivity index (χ3n) is 6.81. The Morgan fingerprint density at radius 3 is 2.47 bits per heavy atom. The van der Waals surface area contributed by atoms with Gasteiger partial charge in [-0.05, 0) is 56.7 Å². The maximum atomic E-state index is 13.5. The average molecular weight is 507 g/mol. The molecule has 0 bridgehead atoms. The number of hydrogen-bond acceptors (Lipinski definition) is 6. The normalized spacial score (nSPS) is 17.8. The van der Waals surface area contributed by atoms with Gasteiger partial charge in [-0.25, -0.2) is 14.8 Å². The van der Waals surface area contributed by atoms with Gasteiger partial charge >= 0.3 is 11.7 Å². The topological polar surface area (TPSA) is 104 Å². The summed E-state index contributed by atoms with van der Waals surface area (Å²) in [6, 6.07) is 9.73. The molecule has 1 aromatic carbocycles. The van der Waals surface area contributed by atoms with Gasteiger partial charge in [0.1, 0.15) is 0 Å². The number of imidazole rings is 1. The summed E-state index contributed by atoms with van der Waals surface area (Å²) in [4.78, 5) is 38.8. The number of pyridine rings is 1. The van der Waals surface area contributed by atoms with Gasteiger partial charge in [0.05, 0.1) is 52.5 Å². The van der Waals surface area contributed by atoms with Crippen LogP contribution in [0.15, 0.2) is 53.7 Å². The van der Waals surface area contributed by atoms with Crippen molar-refractivity contribution in [1.29, 1.82) is 0 Å². The smallest absolute Gasteiger partial charge is 0.333 e. The second-order valence-corrected chi connectivity index (χ2v) is 9.56. The number of hydrogen-bond donors (Lipinski definition) is 1. The Morgan fingerprint density at radius 1 is 1.08 bits per heavy atom. The van der Waals surface area contributed by atoms with E-state index in [4.69, 9.17) is 16.3 Å². The monoisotopic (exact) mass is 506 g/mol. The number of nitrogens with zero attached hydrogens (tertiary/aromatic N) is 5. The van der Waals surface area contributed by atoms with Gasteiger partial charge in [-0.15, -0.1) is 0 Å². The highest BCUT2D eigenvalue weighted by Crippen LogP contribution is 2.28. The van der Waals surface area contributed by atoms with Gasteiger partial charge < -0.3 is 10.1 Å². The number of rotatable bonds is 6. The molecule has 1 aliphatic carbocycles. The minimum Gasteiger partial charge on any atom is -0.467 e. The van der Waals surface area contributed by atoms with Crippen molar-refractivity contribution in [3.63, 3.8) is 0 Å². The molecule has 0 spiro atoms. The number of methoxy groups -OCH3 is 1. The Kier molecular flexibility index (Phi) is 6.73. The molecular formula is C26H27ClN6O3. The number of para-hydroxylation sites is 2. The SMILES string of the molecule is COc1ncc(-n2c(=O)n(C[C@H]3CC[C@H](NC(=O)c4cc(Cl)cnc4C)CC3)c3ccccc32)cn1. The summed E-state index contributed by atoms with van der Waals surface area (Å²) in [5.74, 6) is 0.184. The van der Waals surface area contributed by atoms with Crippen molar-refractivity contribution < 1.29 is 9.53 Å². The molecule has 1 fully saturated rings. The van der Waals surface area contributed by atoms with Gasteiger partial charge in [0.15, 0.2) is 0 Å². The summed E-state index contributed by atoms with van der Waals surface area (Å²) < 4.78 is 8.53. The molecule has 0 atom stereocenters. The van der Waals surface area contributed by atoms with Crippen molar-refractivity contribution in [2.45, 2.75) is 45.2 Å². The Labute approximate surface area is 213 Å². The third-order valence-corrected chi connectivity index (χ3v) is 7.02. The molecule has 1 N–H and O–H groups in total. The van der Waals surface area contributed by atoms with E-state index in [0.29, 0.717) is 34.4 Å². The van der Waals surface area contributed by atoms with E-state index in [-0.39, 0.29) is 23.6 Å². The van der Waals surface area contributed by atoms with Crippen molar-refractivity contribution in [3.05, 3.63) is 75.7 Å². The fourth-order valence-electron chi connectivity index (χ4n) is 4.91. The lowest BCUT2D eigenvalue weighted by Crippen LogP contribution is -2.39. The van der Waals surface area contributed by atoms with Gasteiger partial charge in [-0.2, -0.15) is 0 Å². The highest BCUT2D eigenvalue weighted by Gasteiger charge is 2.25. The highest BCUT2D eigenvalue weighted by molar-refractivity contribution is 6.30. The standard InChI is InChI=1S/C26H27ClN6O3/c1-16-21(11-18(27)12-28-16)24(34)31-19-9-7-17(8-10-19)15-32-22-5-3-4-6-23(22)33(26(32)35)20-13-29-25(36-2)30-14-20/h3-6,11-14,17,19H,7-10,15H2,1-2H3,(H,31,34)/t17-,19-. The van der Waals surface area contributed by atoms with Crippen molar-refractivity contribution >= 4 is 28.5 Å². The van der Waals surface area contributed by atoms with Crippen LogP contribution < -0.4 is 15.7 Å². The van der Waals surface area contributed by atoms with Crippen LogP contribution in [0.5, 0.6) is 6.01 Å². The van der Waals surface area contributed by atoms with Crippen molar-refractivity contribution in [3.8, 4) is 11.7 Å². The summed E-state index contributed by atoms with van der Waals surface area (Å²) in [5.41, 5.74) is 3.31. The molecule has 0 saturated heterocycles. The van der Waals surface area contributed by atoms with Crippen LogP contribution in [0.3, 0.4) is 0 Å². The first-order valence-electron chi connectivity index (χ1n) is 11.9. The molecule has 3 aromatic heterocycles. The number of nitrogens with one attached hydrogen (secondary N) is 1. The van der Waals surface area contributed by atoms with E-state index in [0.717, 1.165) is 36.7 Å². The van der Waals surface area contributed by atoms with Gasteiger partial charge in [-0.1, -0.05) is 23.7 Å². The predicted molar refractivity (Wildman–Crippen MR) is 137 cm³/mol. The van der Waals surface area contributed by atoms with Crippen molar-refractivity contribution in [2.24, 2.45) is 5.92 Å². The zero-order valence-electron chi connectivity index (χ0n) is 20.1. The Bertz CT molecular complexity index is 1460. The maximum Gasteiger partial charge on any atom is 0.333 e. The molecular weight excluding hydrogens is 480 g/mol. The van der Waals surface area contributed by atoms with Crippen LogP contribution in [0.4, 0.5) is 0 Å². The van der Waals surface area contributed by atoms with E-state index in [9.17, 15) is 9.59 Å². The Hall–Kier alpha value is -3.72. The van der Waals surface area contributed by atoms with E-state index in [1.807, 2.05) is 28.8 Å². The van der Waals surface area contributed by atoms with Crippen LogP contribution >= 0.6 is 11.6 Å². The molecule has 0 aliphatic heterocycles. The number of aryl methyl sites for hydroxylation is 1. The first kappa shape index (κ1) is 24.0. The van der Waals surface area contributed by atoms with Crippen LogP contribution in [-0.2, 0) is 6.54 Å². The van der Waals surface area contributed by atoms with Gasteiger partial charge in [0.2, 0.25) is 0 Å². The first-order valence-corrected chi connectivity index (χ1v) is 12.3. The molecule has 0 radical (unpaired) electrons. The molecule has 1 amide bonds. The molecule has 10 heteroatoms. The van der Waals surface area contributed by atoms with E-state index < -0.39 is 0 Å². The number of carbonyl (C=O) groups is 1. The van der Waals surface area contributed by atoms with Crippen molar-refractivity contribution in [2.75, 3.05) is 7.11 Å². The van der Waals surface area contributed by atoms with Crippen LogP contribution in [0.2, 0.25) is 5.02 Å². The minimum atomic E-state index is -0.146. The van der Waals surface area contributed by atoms with E-state index in [1.54, 1.807) is 36.1 Å². The van der Waals surface area contributed by atoms with Gasteiger partial charge in [0, 0.05) is 18.8 Å². The number of benzene rings is 1. The summed E-state index contributed by atoms with van der Waals surface area (Å²) in [5, 5.41) is 3.57. The largest absolute Gasteiger partial charge is 0.467 e. The lowest BCUT2D eigenvalue weighted by molar-refractivity contribution is 0.0919. The molecule has 1 saturated carbocycles. The van der Waals surface area contributed by atoms with Crippen LogP contribution in [0, 0.1) is 12.8 Å². The minimum absolute atomic E-state index is 0.0849. The zero-order chi connectivity index (χ0) is 25.2. The van der Waals surface area contributed by atoms with Crippen molar-refractivity contribution in [1.82, 2.24) is 29.4 Å². The number of halogens is 1. The quantitative estimate of drug-likeness (QED) is 0.425. The lowest BCUT2D eigenvalue weighted by Gasteiger charge is -2.29.